The molecule has 1 aromatic carbocycles. The molecule has 2 heterocycles. The van der Waals surface area contributed by atoms with Gasteiger partial charge in [0.1, 0.15) is 13.2 Å². The Morgan fingerprint density at radius 1 is 1.24 bits per heavy atom. The van der Waals surface area contributed by atoms with Crippen molar-refractivity contribution in [3.05, 3.63) is 22.2 Å². The van der Waals surface area contributed by atoms with Crippen LogP contribution in [0, 0.1) is 0 Å². The van der Waals surface area contributed by atoms with Crippen molar-refractivity contribution >= 4 is 34.2 Å². The summed E-state index contributed by atoms with van der Waals surface area (Å²) in [5.41, 5.74) is 6.49. The minimum Gasteiger partial charge on any atom is -0.486 e. The van der Waals surface area contributed by atoms with E-state index in [9.17, 15) is 4.79 Å². The maximum atomic E-state index is 12.5. The molecular formula is C14H18BrClN2O3. The number of nitrogens with zero attached hydrogens (tertiary/aromatic N) is 1. The van der Waals surface area contributed by atoms with E-state index in [1.54, 1.807) is 12.1 Å². The summed E-state index contributed by atoms with van der Waals surface area (Å²) in [5.74, 6) is 1.32. The Kier molecular flexibility index (Phi) is 5.35. The third kappa shape index (κ3) is 3.44. The molecule has 3 rings (SSSR count). The second-order valence-electron chi connectivity index (χ2n) is 5.11. The summed E-state index contributed by atoms with van der Waals surface area (Å²) >= 11 is 3.44. The van der Waals surface area contributed by atoms with Crippen molar-refractivity contribution in [2.75, 3.05) is 26.3 Å². The van der Waals surface area contributed by atoms with Crippen LogP contribution < -0.4 is 15.2 Å². The van der Waals surface area contributed by atoms with E-state index >= 15 is 0 Å². The predicted octanol–water partition coefficient (Wildman–Crippen LogP) is 2.21. The van der Waals surface area contributed by atoms with Crippen LogP contribution in [0.4, 0.5) is 0 Å². The molecule has 0 spiro atoms. The number of hydrogen-bond acceptors (Lipinski definition) is 4. The van der Waals surface area contributed by atoms with Crippen LogP contribution in [0.25, 0.3) is 0 Å². The quantitative estimate of drug-likeness (QED) is 0.815. The van der Waals surface area contributed by atoms with Gasteiger partial charge in [0.15, 0.2) is 11.5 Å². The summed E-state index contributed by atoms with van der Waals surface area (Å²) in [7, 11) is 0. The third-order valence-electron chi connectivity index (χ3n) is 3.67. The number of ether oxygens (including phenoxy) is 2. The summed E-state index contributed by atoms with van der Waals surface area (Å²) in [6.45, 7) is 2.47. The van der Waals surface area contributed by atoms with Gasteiger partial charge in [-0.2, -0.15) is 0 Å². The molecule has 0 aliphatic carbocycles. The van der Waals surface area contributed by atoms with Crippen LogP contribution in [-0.2, 0) is 0 Å². The van der Waals surface area contributed by atoms with Crippen LogP contribution in [0.2, 0.25) is 0 Å². The molecular weight excluding hydrogens is 360 g/mol. The molecule has 7 heteroatoms. The van der Waals surface area contributed by atoms with E-state index in [1.165, 1.54) is 0 Å². The molecule has 1 saturated heterocycles. The lowest BCUT2D eigenvalue weighted by atomic mass is 10.0. The van der Waals surface area contributed by atoms with Gasteiger partial charge in [0.2, 0.25) is 0 Å². The highest BCUT2D eigenvalue weighted by Gasteiger charge is 2.24. The number of fused-ring (bicyclic) bond motifs is 1. The molecule has 5 nitrogen and oxygen atoms in total. The van der Waals surface area contributed by atoms with Crippen molar-refractivity contribution in [3.63, 3.8) is 0 Å². The van der Waals surface area contributed by atoms with Gasteiger partial charge < -0.3 is 20.1 Å². The lowest BCUT2D eigenvalue weighted by Crippen LogP contribution is -2.42. The highest BCUT2D eigenvalue weighted by atomic mass is 79.9. The minimum absolute atomic E-state index is 0. The Morgan fingerprint density at radius 3 is 2.62 bits per heavy atom. The lowest BCUT2D eigenvalue weighted by molar-refractivity contribution is 0.0713. The molecule has 0 bridgehead atoms. The first-order valence-electron chi connectivity index (χ1n) is 6.79. The highest BCUT2D eigenvalue weighted by molar-refractivity contribution is 9.10. The van der Waals surface area contributed by atoms with Crippen LogP contribution in [0.1, 0.15) is 23.2 Å². The second kappa shape index (κ2) is 6.85. The van der Waals surface area contributed by atoms with Crippen LogP contribution in [-0.4, -0.2) is 43.2 Å². The fraction of sp³-hybridized carbons (Fsp3) is 0.500. The van der Waals surface area contributed by atoms with Crippen molar-refractivity contribution in [3.8, 4) is 11.5 Å². The molecule has 2 aliphatic rings. The first-order chi connectivity index (χ1) is 9.65. The van der Waals surface area contributed by atoms with E-state index in [2.05, 4.69) is 15.9 Å². The van der Waals surface area contributed by atoms with Gasteiger partial charge in [-0.15, -0.1) is 12.4 Å². The molecule has 0 atom stereocenters. The average molecular weight is 378 g/mol. The van der Waals surface area contributed by atoms with Gasteiger partial charge >= 0.3 is 0 Å². The van der Waals surface area contributed by atoms with Crippen molar-refractivity contribution < 1.29 is 14.3 Å². The average Bonchev–Trinajstić information content (AvgIpc) is 2.47. The number of hydrogen-bond donors (Lipinski definition) is 1. The largest absolute Gasteiger partial charge is 0.486 e. The van der Waals surface area contributed by atoms with E-state index in [4.69, 9.17) is 15.2 Å². The van der Waals surface area contributed by atoms with E-state index in [-0.39, 0.29) is 24.4 Å². The zero-order valence-corrected chi connectivity index (χ0v) is 13.9. The molecule has 1 aromatic rings. The van der Waals surface area contributed by atoms with Crippen LogP contribution in [0.15, 0.2) is 16.6 Å². The number of rotatable bonds is 1. The van der Waals surface area contributed by atoms with Crippen LogP contribution in [0.5, 0.6) is 11.5 Å². The SMILES string of the molecule is Cl.NC1CCN(C(=O)c2cc(Br)c3c(c2)OCCO3)CC1. The maximum Gasteiger partial charge on any atom is 0.254 e. The first kappa shape index (κ1) is 16.4. The van der Waals surface area contributed by atoms with E-state index in [0.717, 1.165) is 17.3 Å². The second-order valence-corrected chi connectivity index (χ2v) is 5.97. The molecule has 1 fully saturated rings. The molecule has 0 radical (unpaired) electrons. The van der Waals surface area contributed by atoms with Gasteiger partial charge in [0.05, 0.1) is 4.47 Å². The van der Waals surface area contributed by atoms with Gasteiger partial charge in [-0.3, -0.25) is 4.79 Å². The van der Waals surface area contributed by atoms with E-state index in [1.807, 2.05) is 4.90 Å². The summed E-state index contributed by atoms with van der Waals surface area (Å²) in [5, 5.41) is 0. The first-order valence-corrected chi connectivity index (χ1v) is 7.58. The Bertz CT molecular complexity index is 533. The van der Waals surface area contributed by atoms with E-state index in [0.29, 0.717) is 43.4 Å². The smallest absolute Gasteiger partial charge is 0.254 e. The van der Waals surface area contributed by atoms with Gasteiger partial charge in [0, 0.05) is 24.7 Å². The minimum atomic E-state index is 0. The standard InChI is InChI=1S/C14H17BrN2O3.ClH/c15-11-7-9(8-12-13(11)20-6-5-19-12)14(18)17-3-1-10(16)2-4-17;/h7-8,10H,1-6,16H2;1H. The Morgan fingerprint density at radius 2 is 1.90 bits per heavy atom. The molecule has 1 amide bonds. The molecule has 2 N–H and O–H groups in total. The molecule has 0 unspecified atom stereocenters. The van der Waals surface area contributed by atoms with Gasteiger partial charge in [0.25, 0.3) is 5.91 Å². The van der Waals surface area contributed by atoms with Crippen LogP contribution >= 0.6 is 28.3 Å². The summed E-state index contributed by atoms with van der Waals surface area (Å²) < 4.78 is 11.8. The van der Waals surface area contributed by atoms with Gasteiger partial charge in [-0.1, -0.05) is 0 Å². The van der Waals surface area contributed by atoms with Crippen LogP contribution in [0.3, 0.4) is 0 Å². The van der Waals surface area contributed by atoms with Crippen molar-refractivity contribution in [2.45, 2.75) is 18.9 Å². The summed E-state index contributed by atoms with van der Waals surface area (Å²) in [6, 6.07) is 3.77. The number of benzene rings is 1. The lowest BCUT2D eigenvalue weighted by Gasteiger charge is -2.30. The normalized spacial score (nSPS) is 18.1. The molecule has 21 heavy (non-hydrogen) atoms. The van der Waals surface area contributed by atoms with Crippen molar-refractivity contribution in [1.82, 2.24) is 4.90 Å². The number of likely N-dealkylation sites (tertiary alicyclic amines) is 1. The monoisotopic (exact) mass is 376 g/mol. The van der Waals surface area contributed by atoms with Gasteiger partial charge in [-0.25, -0.2) is 0 Å². The Balaban J connectivity index is 0.00000161. The Labute approximate surface area is 138 Å². The highest BCUT2D eigenvalue weighted by Crippen LogP contribution is 2.38. The molecule has 0 saturated carbocycles. The van der Waals surface area contributed by atoms with Crippen molar-refractivity contribution in [1.29, 1.82) is 0 Å². The van der Waals surface area contributed by atoms with Crippen molar-refractivity contribution in [2.24, 2.45) is 5.73 Å². The molecule has 0 aromatic heterocycles. The third-order valence-corrected chi connectivity index (χ3v) is 4.26. The zero-order chi connectivity index (χ0) is 14.1. The van der Waals surface area contributed by atoms with Gasteiger partial charge in [-0.05, 0) is 40.9 Å². The number of nitrogens with two attached hydrogens (primary N) is 1. The van der Waals surface area contributed by atoms with E-state index < -0.39 is 0 Å². The maximum absolute atomic E-state index is 12.5. The topological polar surface area (TPSA) is 64.8 Å². The Hall–Kier alpha value is -0.980. The summed E-state index contributed by atoms with van der Waals surface area (Å²) in [6.07, 6.45) is 1.72. The fourth-order valence-electron chi connectivity index (χ4n) is 2.52. The molecule has 2 aliphatic heterocycles. The molecule has 116 valence electrons. The fourth-order valence-corrected chi connectivity index (χ4v) is 3.08. The number of piperidine rings is 1. The zero-order valence-electron chi connectivity index (χ0n) is 11.5. The number of carbonyl (C=O) groups is 1. The predicted molar refractivity (Wildman–Crippen MR) is 85.5 cm³/mol. The number of halogens is 2. The summed E-state index contributed by atoms with van der Waals surface area (Å²) in [4.78, 5) is 14.4. The number of amides is 1. The number of carbonyl (C=O) groups excluding carboxylic acids is 1.